The summed E-state index contributed by atoms with van der Waals surface area (Å²) >= 11 is 0. The van der Waals surface area contributed by atoms with Gasteiger partial charge in [-0.3, -0.25) is 0 Å². The van der Waals surface area contributed by atoms with Crippen LogP contribution < -0.4 is 9.47 Å². The smallest absolute Gasteiger partial charge is 0.119 e. The van der Waals surface area contributed by atoms with Gasteiger partial charge >= 0.3 is 0 Å². The van der Waals surface area contributed by atoms with Crippen LogP contribution in [0.25, 0.3) is 0 Å². The van der Waals surface area contributed by atoms with Gasteiger partial charge in [0.15, 0.2) is 0 Å². The fourth-order valence-corrected chi connectivity index (χ4v) is 3.41. The van der Waals surface area contributed by atoms with Crippen LogP contribution in [0.2, 0.25) is 0 Å². The molecule has 0 spiro atoms. The van der Waals surface area contributed by atoms with E-state index in [-0.39, 0.29) is 30.3 Å². The first-order valence-corrected chi connectivity index (χ1v) is 11.8. The summed E-state index contributed by atoms with van der Waals surface area (Å²) in [5.41, 5.74) is 2.27. The normalized spacial score (nSPS) is 17.4. The number of benzene rings is 2. The molecule has 1 saturated heterocycles. The Morgan fingerprint density at radius 1 is 0.879 bits per heavy atom. The van der Waals surface area contributed by atoms with Crippen molar-refractivity contribution >= 4 is 0 Å². The van der Waals surface area contributed by atoms with E-state index in [4.69, 9.17) is 28.8 Å². The van der Waals surface area contributed by atoms with Gasteiger partial charge in [-0.2, -0.15) is 0 Å². The lowest BCUT2D eigenvalue weighted by atomic mass is 9.78. The summed E-state index contributed by atoms with van der Waals surface area (Å²) in [4.78, 5) is 0. The Morgan fingerprint density at radius 3 is 1.82 bits per heavy atom. The number of aliphatic hydroxyl groups excluding tert-OH is 1. The van der Waals surface area contributed by atoms with Crippen molar-refractivity contribution in [2.75, 3.05) is 39.6 Å². The van der Waals surface area contributed by atoms with Gasteiger partial charge in [0.1, 0.15) is 30.8 Å². The Balaban J connectivity index is 1.48. The number of hydrogen-bond donors (Lipinski definition) is 1. The third-order valence-corrected chi connectivity index (χ3v) is 5.80. The number of aliphatic hydroxyl groups is 1. The van der Waals surface area contributed by atoms with Crippen molar-refractivity contribution in [2.45, 2.75) is 57.8 Å². The van der Waals surface area contributed by atoms with Gasteiger partial charge in [0.2, 0.25) is 0 Å². The molecule has 3 atom stereocenters. The number of hydrogen-bond acceptors (Lipinski definition) is 6. The van der Waals surface area contributed by atoms with Crippen LogP contribution in [-0.2, 0) is 19.6 Å². The van der Waals surface area contributed by atoms with Crippen molar-refractivity contribution in [2.24, 2.45) is 0 Å². The van der Waals surface area contributed by atoms with Crippen LogP contribution in [0.1, 0.15) is 45.2 Å². The van der Waals surface area contributed by atoms with Crippen LogP contribution in [0, 0.1) is 0 Å². The Labute approximate surface area is 197 Å². The zero-order valence-electron chi connectivity index (χ0n) is 20.3. The Kier molecular flexibility index (Phi) is 9.56. The van der Waals surface area contributed by atoms with Gasteiger partial charge in [0.05, 0.1) is 25.4 Å². The van der Waals surface area contributed by atoms with Crippen molar-refractivity contribution in [3.8, 4) is 11.5 Å². The Bertz CT molecular complexity index is 814. The predicted molar refractivity (Wildman–Crippen MR) is 128 cm³/mol. The van der Waals surface area contributed by atoms with Crippen molar-refractivity contribution in [3.05, 3.63) is 59.7 Å². The van der Waals surface area contributed by atoms with E-state index in [0.29, 0.717) is 32.8 Å². The monoisotopic (exact) mass is 458 g/mol. The molecular formula is C27H38O6. The topological polar surface area (TPSA) is 69.7 Å². The third-order valence-electron chi connectivity index (χ3n) is 5.80. The van der Waals surface area contributed by atoms with E-state index >= 15 is 0 Å². The maximum Gasteiger partial charge on any atom is 0.119 e. The van der Waals surface area contributed by atoms with Crippen LogP contribution in [0.4, 0.5) is 0 Å². The van der Waals surface area contributed by atoms with Crippen LogP contribution in [0.5, 0.6) is 11.5 Å². The number of rotatable bonds is 15. The van der Waals surface area contributed by atoms with E-state index in [1.807, 2.05) is 38.1 Å². The SMILES string of the molecule is CC(COc1ccc(C(C)(C)c2ccc(OCC(C)OCC3CO3)cc2)cc1)OCCCO. The van der Waals surface area contributed by atoms with Gasteiger partial charge < -0.3 is 28.8 Å². The van der Waals surface area contributed by atoms with Crippen LogP contribution in [0.15, 0.2) is 48.5 Å². The highest BCUT2D eigenvalue weighted by atomic mass is 16.6. The highest BCUT2D eigenvalue weighted by molar-refractivity contribution is 5.41. The largest absolute Gasteiger partial charge is 0.491 e. The molecule has 1 aliphatic heterocycles. The van der Waals surface area contributed by atoms with E-state index in [2.05, 4.69) is 38.1 Å². The molecule has 1 aliphatic rings. The summed E-state index contributed by atoms with van der Waals surface area (Å²) < 4.78 is 28.2. The van der Waals surface area contributed by atoms with Crippen LogP contribution in [0.3, 0.4) is 0 Å². The molecule has 2 aromatic rings. The Hall–Kier alpha value is -2.12. The summed E-state index contributed by atoms with van der Waals surface area (Å²) in [5.74, 6) is 1.66. The zero-order chi connectivity index (χ0) is 23.7. The summed E-state index contributed by atoms with van der Waals surface area (Å²) in [6.45, 7) is 11.5. The average molecular weight is 459 g/mol. The quantitative estimate of drug-likeness (QED) is 0.316. The highest BCUT2D eigenvalue weighted by Gasteiger charge is 2.24. The van der Waals surface area contributed by atoms with Crippen LogP contribution >= 0.6 is 0 Å². The molecule has 6 heteroatoms. The molecule has 0 aromatic heterocycles. The lowest BCUT2D eigenvalue weighted by Crippen LogP contribution is -2.21. The Morgan fingerprint density at radius 2 is 1.36 bits per heavy atom. The summed E-state index contributed by atoms with van der Waals surface area (Å²) in [5, 5.41) is 8.83. The standard InChI is InChI=1S/C27H38O6/c1-20(29-15-5-14-28)16-31-24-10-6-22(7-11-24)27(3,4)23-8-12-25(13-9-23)32-17-21(2)30-18-26-19-33-26/h6-13,20-21,26,28H,5,14-19H2,1-4H3. The molecule has 33 heavy (non-hydrogen) atoms. The van der Waals surface area contributed by atoms with Crippen molar-refractivity contribution in [1.29, 1.82) is 0 Å². The molecule has 0 aliphatic carbocycles. The van der Waals surface area contributed by atoms with Gasteiger partial charge in [0, 0.05) is 18.6 Å². The lowest BCUT2D eigenvalue weighted by Gasteiger charge is -2.26. The summed E-state index contributed by atoms with van der Waals surface area (Å²) in [6, 6.07) is 16.5. The van der Waals surface area contributed by atoms with Gasteiger partial charge in [-0.05, 0) is 55.7 Å². The van der Waals surface area contributed by atoms with E-state index in [1.165, 1.54) is 11.1 Å². The first-order valence-electron chi connectivity index (χ1n) is 11.8. The van der Waals surface area contributed by atoms with E-state index in [9.17, 15) is 0 Å². The zero-order valence-corrected chi connectivity index (χ0v) is 20.3. The first kappa shape index (κ1) is 25.5. The minimum absolute atomic E-state index is 0.0184. The van der Waals surface area contributed by atoms with Gasteiger partial charge in [-0.1, -0.05) is 38.1 Å². The molecule has 0 saturated carbocycles. The second-order valence-corrected chi connectivity index (χ2v) is 9.15. The molecule has 182 valence electrons. The van der Waals surface area contributed by atoms with E-state index < -0.39 is 0 Å². The summed E-state index contributed by atoms with van der Waals surface area (Å²) in [6.07, 6.45) is 0.927. The average Bonchev–Trinajstić information content (AvgIpc) is 3.65. The second-order valence-electron chi connectivity index (χ2n) is 9.15. The van der Waals surface area contributed by atoms with Gasteiger partial charge in [-0.15, -0.1) is 0 Å². The van der Waals surface area contributed by atoms with Crippen molar-refractivity contribution in [1.82, 2.24) is 0 Å². The fourth-order valence-electron chi connectivity index (χ4n) is 3.41. The minimum atomic E-state index is -0.154. The van der Waals surface area contributed by atoms with E-state index in [0.717, 1.165) is 18.1 Å². The minimum Gasteiger partial charge on any atom is -0.491 e. The number of epoxide rings is 1. The van der Waals surface area contributed by atoms with E-state index in [1.54, 1.807) is 0 Å². The summed E-state index contributed by atoms with van der Waals surface area (Å²) in [7, 11) is 0. The molecule has 2 aromatic carbocycles. The third kappa shape index (κ3) is 8.31. The molecule has 3 unspecified atom stereocenters. The molecule has 0 bridgehead atoms. The molecular weight excluding hydrogens is 420 g/mol. The van der Waals surface area contributed by atoms with Crippen LogP contribution in [-0.4, -0.2) is 63.1 Å². The second kappa shape index (κ2) is 12.4. The van der Waals surface area contributed by atoms with Gasteiger partial charge in [0.25, 0.3) is 0 Å². The lowest BCUT2D eigenvalue weighted by molar-refractivity contribution is 0.0241. The molecule has 0 amide bonds. The van der Waals surface area contributed by atoms with Crippen molar-refractivity contribution < 1.29 is 28.8 Å². The molecule has 1 fully saturated rings. The first-order chi connectivity index (χ1) is 15.9. The maximum absolute atomic E-state index is 8.83. The highest BCUT2D eigenvalue weighted by Crippen LogP contribution is 2.33. The number of ether oxygens (including phenoxy) is 5. The van der Waals surface area contributed by atoms with Crippen molar-refractivity contribution in [3.63, 3.8) is 0 Å². The predicted octanol–water partition coefficient (Wildman–Crippen LogP) is 4.36. The molecule has 1 N–H and O–H groups in total. The molecule has 0 radical (unpaired) electrons. The maximum atomic E-state index is 8.83. The molecule has 6 nitrogen and oxygen atoms in total. The molecule has 3 rings (SSSR count). The molecule has 1 heterocycles. The fraction of sp³-hybridized carbons (Fsp3) is 0.556. The van der Waals surface area contributed by atoms with Gasteiger partial charge in [-0.25, -0.2) is 0 Å².